The standard InChI is InChI=1S/C11H14F3N/c1-5-9(8(3)15-4)7-10(6-2)11(12,13)14/h5-7H,2H2,1,3-4H3/b9-5+,10-7+,15-8-. The van der Waals surface area contributed by atoms with Crippen LogP contribution in [0.1, 0.15) is 13.8 Å². The molecule has 4 heteroatoms. The van der Waals surface area contributed by atoms with E-state index in [1.807, 2.05) is 0 Å². The van der Waals surface area contributed by atoms with Gasteiger partial charge in [0.05, 0.1) is 5.57 Å². The van der Waals surface area contributed by atoms with E-state index in [4.69, 9.17) is 0 Å². The number of aliphatic imine (C=N–C) groups is 1. The average molecular weight is 217 g/mol. The summed E-state index contributed by atoms with van der Waals surface area (Å²) < 4.78 is 37.1. The van der Waals surface area contributed by atoms with Crippen molar-refractivity contribution in [1.82, 2.24) is 0 Å². The van der Waals surface area contributed by atoms with E-state index in [0.29, 0.717) is 11.3 Å². The molecule has 0 saturated carbocycles. The number of hydrogen-bond acceptors (Lipinski definition) is 1. The zero-order valence-electron chi connectivity index (χ0n) is 9.02. The fourth-order valence-corrected chi connectivity index (χ4v) is 0.950. The third-order valence-corrected chi connectivity index (χ3v) is 1.92. The first-order chi connectivity index (χ1) is 6.86. The quantitative estimate of drug-likeness (QED) is 0.505. The van der Waals surface area contributed by atoms with Gasteiger partial charge in [0, 0.05) is 12.8 Å². The Kier molecular flexibility index (Phi) is 5.05. The molecule has 0 fully saturated rings. The summed E-state index contributed by atoms with van der Waals surface area (Å²) in [6.07, 6.45) is -0.955. The van der Waals surface area contributed by atoms with Gasteiger partial charge in [0.1, 0.15) is 0 Å². The zero-order valence-corrected chi connectivity index (χ0v) is 9.02. The van der Waals surface area contributed by atoms with Crippen molar-refractivity contribution in [2.24, 2.45) is 4.99 Å². The van der Waals surface area contributed by atoms with Crippen LogP contribution in [0.5, 0.6) is 0 Å². The van der Waals surface area contributed by atoms with E-state index in [0.717, 1.165) is 12.2 Å². The van der Waals surface area contributed by atoms with Crippen molar-refractivity contribution in [3.05, 3.63) is 36.0 Å². The summed E-state index contributed by atoms with van der Waals surface area (Å²) in [5.74, 6) is 0. The van der Waals surface area contributed by atoms with Gasteiger partial charge in [0.15, 0.2) is 0 Å². The van der Waals surface area contributed by atoms with Gasteiger partial charge < -0.3 is 0 Å². The highest BCUT2D eigenvalue weighted by atomic mass is 19.4. The van der Waals surface area contributed by atoms with Gasteiger partial charge >= 0.3 is 6.18 Å². The summed E-state index contributed by atoms with van der Waals surface area (Å²) in [6.45, 7) is 6.46. The summed E-state index contributed by atoms with van der Waals surface area (Å²) in [6, 6.07) is 0. The molecule has 0 unspecified atom stereocenters. The van der Waals surface area contributed by atoms with Crippen molar-refractivity contribution in [2.75, 3.05) is 7.05 Å². The van der Waals surface area contributed by atoms with Crippen molar-refractivity contribution in [3.8, 4) is 0 Å². The van der Waals surface area contributed by atoms with Gasteiger partial charge in [-0.05, 0) is 25.5 Å². The monoisotopic (exact) mass is 217 g/mol. The number of hydrogen-bond donors (Lipinski definition) is 0. The fraction of sp³-hybridized carbons (Fsp3) is 0.364. The third-order valence-electron chi connectivity index (χ3n) is 1.92. The van der Waals surface area contributed by atoms with E-state index >= 15 is 0 Å². The van der Waals surface area contributed by atoms with E-state index in [9.17, 15) is 13.2 Å². The van der Waals surface area contributed by atoms with Crippen LogP contribution >= 0.6 is 0 Å². The molecule has 0 rings (SSSR count). The Morgan fingerprint density at radius 2 is 1.87 bits per heavy atom. The lowest BCUT2D eigenvalue weighted by atomic mass is 10.1. The minimum absolute atomic E-state index is 0.449. The predicted octanol–water partition coefficient (Wildman–Crippen LogP) is 3.70. The fourth-order valence-electron chi connectivity index (χ4n) is 0.950. The zero-order chi connectivity index (χ0) is 12.1. The van der Waals surface area contributed by atoms with Crippen LogP contribution in [0.15, 0.2) is 40.9 Å². The first-order valence-electron chi connectivity index (χ1n) is 4.38. The van der Waals surface area contributed by atoms with Crippen molar-refractivity contribution >= 4 is 5.71 Å². The molecule has 0 N–H and O–H groups in total. The Bertz CT molecular complexity index is 319. The highest BCUT2D eigenvalue weighted by molar-refractivity contribution is 6.00. The first-order valence-corrected chi connectivity index (χ1v) is 4.38. The second-order valence-corrected chi connectivity index (χ2v) is 2.85. The molecule has 0 aliphatic carbocycles. The largest absolute Gasteiger partial charge is 0.416 e. The number of alkyl halides is 3. The Hall–Kier alpha value is -1.32. The maximum absolute atomic E-state index is 12.4. The van der Waals surface area contributed by atoms with Crippen LogP contribution in [-0.2, 0) is 0 Å². The van der Waals surface area contributed by atoms with E-state index < -0.39 is 11.7 Å². The lowest BCUT2D eigenvalue weighted by Crippen LogP contribution is -2.11. The van der Waals surface area contributed by atoms with E-state index in [-0.39, 0.29) is 0 Å². The topological polar surface area (TPSA) is 12.4 Å². The maximum atomic E-state index is 12.4. The maximum Gasteiger partial charge on any atom is 0.416 e. The van der Waals surface area contributed by atoms with Crippen LogP contribution in [0.25, 0.3) is 0 Å². The summed E-state index contributed by atoms with van der Waals surface area (Å²) in [4.78, 5) is 3.83. The highest BCUT2D eigenvalue weighted by Gasteiger charge is 2.31. The summed E-state index contributed by atoms with van der Waals surface area (Å²) in [5.41, 5.74) is 0.240. The lowest BCUT2D eigenvalue weighted by Gasteiger charge is -2.08. The molecule has 0 saturated heterocycles. The van der Waals surface area contributed by atoms with Gasteiger partial charge in [-0.1, -0.05) is 18.7 Å². The van der Waals surface area contributed by atoms with Crippen LogP contribution < -0.4 is 0 Å². The Labute approximate surface area is 87.7 Å². The molecule has 0 radical (unpaired) electrons. The Balaban J connectivity index is 5.25. The van der Waals surface area contributed by atoms with Crippen LogP contribution in [0, 0.1) is 0 Å². The molecule has 0 heterocycles. The third kappa shape index (κ3) is 4.14. The van der Waals surface area contributed by atoms with Gasteiger partial charge in [-0.2, -0.15) is 13.2 Å². The molecular formula is C11H14F3N. The van der Waals surface area contributed by atoms with Gasteiger partial charge in [0.25, 0.3) is 0 Å². The molecule has 0 aliphatic rings. The van der Waals surface area contributed by atoms with Crippen LogP contribution in [0.4, 0.5) is 13.2 Å². The highest BCUT2D eigenvalue weighted by Crippen LogP contribution is 2.27. The van der Waals surface area contributed by atoms with E-state index in [1.54, 1.807) is 19.9 Å². The van der Waals surface area contributed by atoms with Crippen molar-refractivity contribution in [2.45, 2.75) is 20.0 Å². The Morgan fingerprint density at radius 3 is 2.13 bits per heavy atom. The molecule has 0 aromatic rings. The van der Waals surface area contributed by atoms with Crippen molar-refractivity contribution < 1.29 is 13.2 Å². The molecule has 0 aliphatic heterocycles. The van der Waals surface area contributed by atoms with Crippen LogP contribution in [0.3, 0.4) is 0 Å². The van der Waals surface area contributed by atoms with Gasteiger partial charge in [-0.15, -0.1) is 0 Å². The predicted molar refractivity (Wildman–Crippen MR) is 57.1 cm³/mol. The normalized spacial score (nSPS) is 15.5. The number of rotatable bonds is 3. The molecule has 84 valence electrons. The molecule has 0 aromatic carbocycles. The minimum atomic E-state index is -4.37. The van der Waals surface area contributed by atoms with E-state index in [1.165, 1.54) is 7.05 Å². The lowest BCUT2D eigenvalue weighted by molar-refractivity contribution is -0.0881. The van der Waals surface area contributed by atoms with Crippen molar-refractivity contribution in [3.63, 3.8) is 0 Å². The second-order valence-electron chi connectivity index (χ2n) is 2.85. The average Bonchev–Trinajstić information content (AvgIpc) is 2.16. The minimum Gasteiger partial charge on any atom is -0.293 e. The molecular weight excluding hydrogens is 203 g/mol. The molecule has 0 amide bonds. The van der Waals surface area contributed by atoms with Crippen LogP contribution in [-0.4, -0.2) is 18.9 Å². The van der Waals surface area contributed by atoms with Crippen molar-refractivity contribution in [1.29, 1.82) is 0 Å². The molecule has 1 nitrogen and oxygen atoms in total. The van der Waals surface area contributed by atoms with Gasteiger partial charge in [-0.25, -0.2) is 0 Å². The van der Waals surface area contributed by atoms with E-state index in [2.05, 4.69) is 11.6 Å². The first kappa shape index (κ1) is 13.7. The molecule has 0 spiro atoms. The van der Waals surface area contributed by atoms with Gasteiger partial charge in [0.2, 0.25) is 0 Å². The molecule has 0 bridgehead atoms. The smallest absolute Gasteiger partial charge is 0.293 e. The molecule has 15 heavy (non-hydrogen) atoms. The summed E-state index contributed by atoms with van der Waals surface area (Å²) in [7, 11) is 1.54. The SMILES string of the molecule is C=C\C(=C/C(=C\C)C(/C)=N\C)C(F)(F)F. The summed E-state index contributed by atoms with van der Waals surface area (Å²) >= 11 is 0. The van der Waals surface area contributed by atoms with Gasteiger partial charge in [-0.3, -0.25) is 4.99 Å². The molecule has 0 atom stereocenters. The van der Waals surface area contributed by atoms with Crippen LogP contribution in [0.2, 0.25) is 0 Å². The summed E-state index contributed by atoms with van der Waals surface area (Å²) in [5, 5.41) is 0. The Morgan fingerprint density at radius 1 is 1.33 bits per heavy atom. The number of halogens is 3. The number of allylic oxidation sites excluding steroid dienone is 5. The number of nitrogens with zero attached hydrogens (tertiary/aromatic N) is 1. The second kappa shape index (κ2) is 5.53. The molecule has 0 aromatic heterocycles.